The molecule has 10 heteroatoms. The summed E-state index contributed by atoms with van der Waals surface area (Å²) >= 11 is 0. The molecule has 0 aromatic heterocycles. The monoisotopic (exact) mass is 522 g/mol. The van der Waals surface area contributed by atoms with Gasteiger partial charge in [-0.1, -0.05) is 0 Å². The van der Waals surface area contributed by atoms with E-state index in [1.807, 2.05) is 61.6 Å². The minimum atomic E-state index is -2.30. The molecule has 0 radical (unpaired) electrons. The number of hydrogen-bond acceptors (Lipinski definition) is 7. The van der Waals surface area contributed by atoms with E-state index in [1.54, 1.807) is 0 Å². The quantitative estimate of drug-likeness (QED) is 0.225. The highest BCUT2D eigenvalue weighted by Crippen LogP contribution is 2.25. The van der Waals surface area contributed by atoms with Crippen molar-refractivity contribution in [1.82, 2.24) is 0 Å². The molecule has 0 heterocycles. The van der Waals surface area contributed by atoms with E-state index in [0.29, 0.717) is 11.4 Å². The van der Waals surface area contributed by atoms with E-state index in [2.05, 4.69) is 26.2 Å². The van der Waals surface area contributed by atoms with Crippen LogP contribution in [0.2, 0.25) is 51.4 Å². The van der Waals surface area contributed by atoms with Gasteiger partial charge in [-0.25, -0.2) is 0 Å². The van der Waals surface area contributed by atoms with Gasteiger partial charge in [0.1, 0.15) is 11.5 Å². The summed E-state index contributed by atoms with van der Waals surface area (Å²) in [5.74, 6) is 1.53. The van der Waals surface area contributed by atoms with Crippen molar-refractivity contribution in [3.63, 3.8) is 0 Å². The van der Waals surface area contributed by atoms with E-state index < -0.39 is 25.2 Å². The summed E-state index contributed by atoms with van der Waals surface area (Å²) in [6.07, 6.45) is 2.19. The highest BCUT2D eigenvalue weighted by atomic mass is 28.4. The second kappa shape index (κ2) is 13.9. The zero-order chi connectivity index (χ0) is 25.8. The van der Waals surface area contributed by atoms with Crippen molar-refractivity contribution in [1.29, 1.82) is 0 Å². The van der Waals surface area contributed by atoms with Gasteiger partial charge in [-0.15, -0.1) is 0 Å². The van der Waals surface area contributed by atoms with E-state index >= 15 is 0 Å². The molecule has 0 bridgehead atoms. The van der Waals surface area contributed by atoms with Crippen molar-refractivity contribution in [3.8, 4) is 11.5 Å². The van der Waals surface area contributed by atoms with E-state index in [0.717, 1.165) is 37.4 Å². The van der Waals surface area contributed by atoms with Gasteiger partial charge in [0.2, 0.25) is 0 Å². The predicted molar refractivity (Wildman–Crippen MR) is 153 cm³/mol. The lowest BCUT2D eigenvalue weighted by Gasteiger charge is -2.34. The number of benzene rings is 2. The third-order valence-electron chi connectivity index (χ3n) is 4.86. The summed E-state index contributed by atoms with van der Waals surface area (Å²) in [5.41, 5.74) is 23.9. The van der Waals surface area contributed by atoms with Gasteiger partial charge in [0.15, 0.2) is 16.6 Å². The van der Waals surface area contributed by atoms with Gasteiger partial charge in [-0.2, -0.15) is 0 Å². The van der Waals surface area contributed by atoms with Gasteiger partial charge in [-0.3, -0.25) is 0 Å². The molecule has 0 aliphatic carbocycles. The molecule has 0 aliphatic heterocycles. The molecular formula is C24H46N4O3Si3. The summed E-state index contributed by atoms with van der Waals surface area (Å²) in [4.78, 5) is 0. The van der Waals surface area contributed by atoms with Gasteiger partial charge in [0.25, 0.3) is 0 Å². The summed E-state index contributed by atoms with van der Waals surface area (Å²) in [7, 11) is -5.24. The molecular weight excluding hydrogens is 477 g/mol. The molecule has 8 N–H and O–H groups in total. The molecule has 0 aliphatic rings. The van der Waals surface area contributed by atoms with Crippen LogP contribution in [0.4, 0.5) is 11.4 Å². The first-order valence-corrected chi connectivity index (χ1v) is 21.0. The zero-order valence-electron chi connectivity index (χ0n) is 21.9. The highest BCUT2D eigenvalue weighted by Gasteiger charge is 2.33. The molecule has 0 saturated heterocycles. The van der Waals surface area contributed by atoms with Crippen molar-refractivity contribution in [2.45, 2.75) is 64.2 Å². The van der Waals surface area contributed by atoms with Crippen LogP contribution in [0, 0.1) is 0 Å². The predicted octanol–water partition coefficient (Wildman–Crippen LogP) is 5.12. The van der Waals surface area contributed by atoms with Crippen LogP contribution in [-0.4, -0.2) is 38.3 Å². The first-order valence-electron chi connectivity index (χ1n) is 12.0. The Balaban J connectivity index is 0.000000352. The van der Waals surface area contributed by atoms with Gasteiger partial charge < -0.3 is 35.9 Å². The van der Waals surface area contributed by atoms with Crippen LogP contribution < -0.4 is 31.8 Å². The van der Waals surface area contributed by atoms with E-state index in [9.17, 15) is 0 Å². The smallest absolute Gasteiger partial charge is 0.454 e. The average molecular weight is 523 g/mol. The molecule has 0 spiro atoms. The largest absolute Gasteiger partial charge is 0.512 e. The normalized spacial score (nSPS) is 12.0. The van der Waals surface area contributed by atoms with Crippen LogP contribution in [0.15, 0.2) is 48.5 Å². The molecule has 0 saturated carbocycles. The Kier molecular flexibility index (Phi) is 12.4. The summed E-state index contributed by atoms with van der Waals surface area (Å²) < 4.78 is 18.2. The van der Waals surface area contributed by atoms with Crippen molar-refractivity contribution in [2.75, 3.05) is 24.6 Å². The fourth-order valence-corrected chi connectivity index (χ4v) is 13.9. The Morgan fingerprint density at radius 3 is 1.26 bits per heavy atom. The topological polar surface area (TPSA) is 132 Å². The first-order chi connectivity index (χ1) is 15.8. The summed E-state index contributed by atoms with van der Waals surface area (Å²) in [5, 5.41) is 0. The lowest BCUT2D eigenvalue weighted by Crippen LogP contribution is -2.45. The Morgan fingerprint density at radius 2 is 0.971 bits per heavy atom. The van der Waals surface area contributed by atoms with Crippen LogP contribution in [-0.2, 0) is 4.12 Å². The maximum absolute atomic E-state index is 6.40. The maximum atomic E-state index is 6.40. The SMILES string of the molecule is C[Si](C)(C)O[Si](C)(CCCN)CCCN.C[Si](C)(Oc1ccc(N)cc1)Oc1ccc(N)cc1. The standard InChI is InChI=1S/C14H18N2O2Si.C10H28N2OSi2/c1-19(2,17-13-7-3-11(15)4-8-13)18-14-9-5-12(16)6-10-14;1-14(2,3)13-15(4,9-5-7-11)10-6-8-12/h3-10H,15-16H2,1-2H3;5-12H2,1-4H3. The van der Waals surface area contributed by atoms with Crippen molar-refractivity contribution in [3.05, 3.63) is 48.5 Å². The van der Waals surface area contributed by atoms with Crippen molar-refractivity contribution < 1.29 is 13.0 Å². The summed E-state index contributed by atoms with van der Waals surface area (Å²) in [6.45, 7) is 14.7. The lowest BCUT2D eigenvalue weighted by molar-refractivity contribution is 0.400. The number of nitrogen functional groups attached to an aromatic ring is 2. The first kappa shape index (κ1) is 30.2. The minimum absolute atomic E-state index is 0.714. The van der Waals surface area contributed by atoms with Crippen LogP contribution >= 0.6 is 0 Å². The minimum Gasteiger partial charge on any atom is -0.512 e. The Bertz CT molecular complexity index is 771. The van der Waals surface area contributed by atoms with Crippen LogP contribution in [0.25, 0.3) is 0 Å². The molecule has 192 valence electrons. The van der Waals surface area contributed by atoms with E-state index in [1.165, 1.54) is 12.1 Å². The zero-order valence-corrected chi connectivity index (χ0v) is 24.9. The molecule has 2 aromatic carbocycles. The second-order valence-electron chi connectivity index (χ2n) is 10.2. The number of anilines is 2. The number of rotatable bonds is 12. The second-order valence-corrected chi connectivity index (χ2v) is 22.3. The molecule has 0 atom stereocenters. The number of nitrogens with two attached hydrogens (primary N) is 4. The third-order valence-corrected chi connectivity index (χ3v) is 13.6. The molecule has 34 heavy (non-hydrogen) atoms. The van der Waals surface area contributed by atoms with E-state index in [-0.39, 0.29) is 0 Å². The lowest BCUT2D eigenvalue weighted by atomic mass is 10.3. The molecule has 2 rings (SSSR count). The fourth-order valence-electron chi connectivity index (χ4n) is 3.58. The van der Waals surface area contributed by atoms with Crippen LogP contribution in [0.1, 0.15) is 12.8 Å². The molecule has 0 unspecified atom stereocenters. The van der Waals surface area contributed by atoms with Crippen molar-refractivity contribution >= 4 is 36.6 Å². The van der Waals surface area contributed by atoms with Crippen LogP contribution in [0.3, 0.4) is 0 Å². The van der Waals surface area contributed by atoms with Gasteiger partial charge in [0.05, 0.1) is 0 Å². The molecule has 0 amide bonds. The van der Waals surface area contributed by atoms with E-state index in [4.69, 9.17) is 35.9 Å². The highest BCUT2D eigenvalue weighted by molar-refractivity contribution is 6.84. The van der Waals surface area contributed by atoms with Gasteiger partial charge in [-0.05, 0) is 113 Å². The summed E-state index contributed by atoms with van der Waals surface area (Å²) in [6, 6.07) is 17.0. The van der Waals surface area contributed by atoms with Gasteiger partial charge in [0, 0.05) is 24.5 Å². The molecule has 2 aromatic rings. The van der Waals surface area contributed by atoms with Crippen LogP contribution in [0.5, 0.6) is 11.5 Å². The van der Waals surface area contributed by atoms with Crippen molar-refractivity contribution in [2.24, 2.45) is 11.5 Å². The molecule has 7 nitrogen and oxygen atoms in total. The Morgan fingerprint density at radius 1 is 0.618 bits per heavy atom. The third kappa shape index (κ3) is 13.2. The average Bonchev–Trinajstić information content (AvgIpc) is 2.73. The van der Waals surface area contributed by atoms with Gasteiger partial charge >= 0.3 is 8.56 Å². The number of hydrogen-bond donors (Lipinski definition) is 4. The Hall–Kier alpha value is -1.83. The Labute approximate surface area is 209 Å². The maximum Gasteiger partial charge on any atom is 0.454 e. The fraction of sp³-hybridized carbons (Fsp3) is 0.500. The molecule has 0 fully saturated rings.